The highest BCUT2D eigenvalue weighted by Crippen LogP contribution is 2.28. The van der Waals surface area contributed by atoms with Crippen molar-refractivity contribution in [2.45, 2.75) is 0 Å². The number of aromatic hydroxyl groups is 1. The van der Waals surface area contributed by atoms with Gasteiger partial charge in [-0.25, -0.2) is 5.14 Å². The Hall–Kier alpha value is -2.44. The number of phenols is 1. The van der Waals surface area contributed by atoms with Crippen LogP contribution in [-0.4, -0.2) is 28.9 Å². The standard InChI is InChI=1S/C13H8Cl2N2O4.H3NO3S/c14-7-1-4-12(18)9(5-7)13(19)16-11-3-2-8(17(20)21)6-10(11)15;1-5(2,3)4/h1-6,18H,(H,16,19);(H3,1,2,3,4). The van der Waals surface area contributed by atoms with Crippen LogP contribution in [0.2, 0.25) is 10.0 Å². The van der Waals surface area contributed by atoms with Gasteiger partial charge in [0.25, 0.3) is 11.6 Å². The van der Waals surface area contributed by atoms with Crippen molar-refractivity contribution in [2.75, 3.05) is 5.32 Å². The van der Waals surface area contributed by atoms with Crippen LogP contribution >= 0.6 is 23.2 Å². The molecule has 0 saturated carbocycles. The molecule has 10 nitrogen and oxygen atoms in total. The molecule has 0 heterocycles. The molecule has 13 heteroatoms. The molecule has 0 bridgehead atoms. The van der Waals surface area contributed by atoms with Crippen LogP contribution in [0.15, 0.2) is 36.4 Å². The van der Waals surface area contributed by atoms with Gasteiger partial charge in [0.1, 0.15) is 5.75 Å². The normalized spacial score (nSPS) is 10.5. The van der Waals surface area contributed by atoms with Gasteiger partial charge in [0.15, 0.2) is 0 Å². The number of carbonyl (C=O) groups is 1. The highest BCUT2D eigenvalue weighted by atomic mass is 35.5. The maximum absolute atomic E-state index is 12.0. The van der Waals surface area contributed by atoms with E-state index < -0.39 is 21.1 Å². The Morgan fingerprint density at radius 1 is 1.19 bits per heavy atom. The Kier molecular flexibility index (Phi) is 7.29. The first-order valence-corrected chi connectivity index (χ1v) is 8.63. The molecule has 0 unspecified atom stereocenters. The third-order valence-electron chi connectivity index (χ3n) is 2.61. The van der Waals surface area contributed by atoms with Gasteiger partial charge in [0.2, 0.25) is 0 Å². The molecule has 0 aliphatic carbocycles. The summed E-state index contributed by atoms with van der Waals surface area (Å²) in [4.78, 5) is 22.0. The van der Waals surface area contributed by atoms with Crippen molar-refractivity contribution in [1.82, 2.24) is 0 Å². The molecule has 2 aromatic carbocycles. The largest absolute Gasteiger partial charge is 0.507 e. The fourth-order valence-corrected chi connectivity index (χ4v) is 1.99. The Morgan fingerprint density at radius 2 is 1.77 bits per heavy atom. The smallest absolute Gasteiger partial charge is 0.330 e. The Labute approximate surface area is 157 Å². The zero-order valence-electron chi connectivity index (χ0n) is 12.6. The van der Waals surface area contributed by atoms with E-state index in [4.69, 9.17) is 36.2 Å². The number of carbonyl (C=O) groups excluding carboxylic acids is 1. The number of benzene rings is 2. The molecule has 2 rings (SSSR count). The molecule has 0 spiro atoms. The number of nitro benzene ring substituents is 1. The zero-order chi connectivity index (χ0) is 20.1. The number of anilines is 1. The Balaban J connectivity index is 0.000000597. The maximum atomic E-state index is 12.0. The third-order valence-corrected chi connectivity index (χ3v) is 3.16. The molecule has 0 aromatic heterocycles. The van der Waals surface area contributed by atoms with Crippen LogP contribution in [0, 0.1) is 10.1 Å². The summed E-state index contributed by atoms with van der Waals surface area (Å²) in [6, 6.07) is 7.65. The minimum absolute atomic E-state index is 0.0130. The summed E-state index contributed by atoms with van der Waals surface area (Å²) in [5.74, 6) is -0.874. The number of hydrogen-bond donors (Lipinski definition) is 4. The maximum Gasteiger partial charge on any atom is 0.330 e. The van der Waals surface area contributed by atoms with Crippen molar-refractivity contribution in [1.29, 1.82) is 0 Å². The van der Waals surface area contributed by atoms with Gasteiger partial charge in [-0.15, -0.1) is 0 Å². The highest BCUT2D eigenvalue weighted by Gasteiger charge is 2.15. The average molecular weight is 424 g/mol. The molecule has 0 atom stereocenters. The molecular weight excluding hydrogens is 413 g/mol. The van der Waals surface area contributed by atoms with Gasteiger partial charge in [0.05, 0.1) is 21.2 Å². The number of nitro groups is 1. The SMILES string of the molecule is NS(=O)(=O)O.O=C(Nc1ccc([N+](=O)[O-])cc1Cl)c1cc(Cl)ccc1O. The molecule has 0 aliphatic rings. The monoisotopic (exact) mass is 423 g/mol. The minimum atomic E-state index is -4.17. The number of nitrogens with one attached hydrogen (secondary N) is 1. The summed E-state index contributed by atoms with van der Waals surface area (Å²) in [5, 5.41) is 26.9. The molecule has 0 saturated heterocycles. The van der Waals surface area contributed by atoms with Gasteiger partial charge in [-0.05, 0) is 24.3 Å². The van der Waals surface area contributed by atoms with E-state index in [9.17, 15) is 20.0 Å². The highest BCUT2D eigenvalue weighted by molar-refractivity contribution is 7.83. The van der Waals surface area contributed by atoms with Crippen LogP contribution in [-0.2, 0) is 10.3 Å². The van der Waals surface area contributed by atoms with Gasteiger partial charge in [0, 0.05) is 17.2 Å². The number of amides is 1. The molecule has 0 fully saturated rings. The average Bonchev–Trinajstić information content (AvgIpc) is 2.49. The topological polar surface area (TPSA) is 173 Å². The first kappa shape index (κ1) is 21.6. The predicted molar refractivity (Wildman–Crippen MR) is 94.9 cm³/mol. The number of hydrogen-bond acceptors (Lipinski definition) is 6. The van der Waals surface area contributed by atoms with E-state index in [0.717, 1.165) is 6.07 Å². The van der Waals surface area contributed by atoms with Crippen LogP contribution in [0.5, 0.6) is 5.75 Å². The van der Waals surface area contributed by atoms with Gasteiger partial charge in [-0.3, -0.25) is 19.5 Å². The lowest BCUT2D eigenvalue weighted by Crippen LogP contribution is -2.12. The van der Waals surface area contributed by atoms with E-state index in [1.165, 1.54) is 30.3 Å². The van der Waals surface area contributed by atoms with Crippen molar-refractivity contribution in [3.8, 4) is 5.75 Å². The van der Waals surface area contributed by atoms with Crippen molar-refractivity contribution >= 4 is 50.8 Å². The van der Waals surface area contributed by atoms with Gasteiger partial charge < -0.3 is 10.4 Å². The van der Waals surface area contributed by atoms with E-state index in [1.807, 2.05) is 0 Å². The van der Waals surface area contributed by atoms with Crippen molar-refractivity contribution < 1.29 is 27.8 Å². The molecule has 0 radical (unpaired) electrons. The van der Waals surface area contributed by atoms with Gasteiger partial charge in [-0.2, -0.15) is 8.42 Å². The lowest BCUT2D eigenvalue weighted by Gasteiger charge is -2.08. The fourth-order valence-electron chi connectivity index (χ4n) is 1.60. The second-order valence-electron chi connectivity index (χ2n) is 4.55. The number of phenolic OH excluding ortho intramolecular Hbond substituents is 1. The minimum Gasteiger partial charge on any atom is -0.507 e. The van der Waals surface area contributed by atoms with Gasteiger partial charge in [-0.1, -0.05) is 23.2 Å². The van der Waals surface area contributed by atoms with Gasteiger partial charge >= 0.3 is 10.3 Å². The summed E-state index contributed by atoms with van der Waals surface area (Å²) >= 11 is 11.6. The summed E-state index contributed by atoms with van der Waals surface area (Å²) in [7, 11) is -4.17. The first-order valence-electron chi connectivity index (χ1n) is 6.37. The second-order valence-corrected chi connectivity index (χ2v) is 6.43. The predicted octanol–water partition coefficient (Wildman–Crippen LogP) is 2.61. The Morgan fingerprint density at radius 3 is 2.27 bits per heavy atom. The lowest BCUT2D eigenvalue weighted by atomic mass is 10.2. The van der Waals surface area contributed by atoms with Crippen molar-refractivity contribution in [3.05, 3.63) is 62.1 Å². The fraction of sp³-hybridized carbons (Fsp3) is 0. The molecule has 140 valence electrons. The number of halogens is 2. The first-order chi connectivity index (χ1) is 11.9. The second kappa shape index (κ2) is 8.78. The number of non-ortho nitro benzene ring substituents is 1. The van der Waals surface area contributed by atoms with E-state index in [0.29, 0.717) is 0 Å². The molecule has 5 N–H and O–H groups in total. The van der Waals surface area contributed by atoms with E-state index in [1.54, 1.807) is 0 Å². The van der Waals surface area contributed by atoms with E-state index >= 15 is 0 Å². The number of nitrogens with zero attached hydrogens (tertiary/aromatic N) is 1. The van der Waals surface area contributed by atoms with Crippen LogP contribution in [0.3, 0.4) is 0 Å². The van der Waals surface area contributed by atoms with E-state index in [2.05, 4.69) is 10.5 Å². The van der Waals surface area contributed by atoms with Crippen LogP contribution in [0.4, 0.5) is 11.4 Å². The Bertz CT molecular complexity index is 943. The summed E-state index contributed by atoms with van der Waals surface area (Å²) < 4.78 is 25.2. The summed E-state index contributed by atoms with van der Waals surface area (Å²) in [6.45, 7) is 0. The molecule has 2 aromatic rings. The van der Waals surface area contributed by atoms with Crippen molar-refractivity contribution in [2.24, 2.45) is 5.14 Å². The molecular formula is C13H11Cl2N3O7S. The van der Waals surface area contributed by atoms with Crippen LogP contribution in [0.1, 0.15) is 10.4 Å². The number of rotatable bonds is 3. The lowest BCUT2D eigenvalue weighted by molar-refractivity contribution is -0.384. The van der Waals surface area contributed by atoms with Crippen molar-refractivity contribution in [3.63, 3.8) is 0 Å². The molecule has 26 heavy (non-hydrogen) atoms. The van der Waals surface area contributed by atoms with E-state index in [-0.39, 0.29) is 32.7 Å². The van der Waals surface area contributed by atoms with Crippen LogP contribution in [0.25, 0.3) is 0 Å². The summed E-state index contributed by atoms with van der Waals surface area (Å²) in [6.07, 6.45) is 0. The number of nitrogens with two attached hydrogens (primary N) is 1. The zero-order valence-corrected chi connectivity index (χ0v) is 14.9. The third kappa shape index (κ3) is 7.21. The molecule has 0 aliphatic heterocycles. The molecule has 1 amide bonds. The van der Waals surface area contributed by atoms with Crippen LogP contribution < -0.4 is 10.5 Å². The summed E-state index contributed by atoms with van der Waals surface area (Å²) in [5.41, 5.74) is -0.0350. The quantitative estimate of drug-likeness (QED) is 0.333.